The van der Waals surface area contributed by atoms with Crippen LogP contribution in [0.5, 0.6) is 0 Å². The van der Waals surface area contributed by atoms with Gasteiger partial charge in [0.25, 0.3) is 0 Å². The molecule has 1 saturated carbocycles. The van der Waals surface area contributed by atoms with E-state index in [1.807, 2.05) is 54.6 Å². The van der Waals surface area contributed by atoms with Crippen molar-refractivity contribution < 1.29 is 14.3 Å². The molecule has 2 heterocycles. The molecule has 1 saturated heterocycles. The first-order chi connectivity index (χ1) is 14.6. The zero-order valence-corrected chi connectivity index (χ0v) is 16.5. The molecule has 3 aromatic rings. The van der Waals surface area contributed by atoms with E-state index < -0.39 is 5.60 Å². The van der Waals surface area contributed by atoms with E-state index in [1.165, 1.54) is 0 Å². The number of carbonyl (C=O) groups excluding carboxylic acids is 2. The van der Waals surface area contributed by atoms with Crippen LogP contribution in [-0.2, 0) is 9.53 Å². The van der Waals surface area contributed by atoms with E-state index in [-0.39, 0.29) is 17.9 Å². The summed E-state index contributed by atoms with van der Waals surface area (Å²) >= 11 is 0. The van der Waals surface area contributed by atoms with Crippen molar-refractivity contribution in [1.29, 1.82) is 0 Å². The minimum atomic E-state index is -0.507. The van der Waals surface area contributed by atoms with Crippen molar-refractivity contribution in [2.45, 2.75) is 31.3 Å². The van der Waals surface area contributed by atoms with E-state index in [1.54, 1.807) is 11.1 Å². The van der Waals surface area contributed by atoms with Gasteiger partial charge in [0.1, 0.15) is 5.60 Å². The van der Waals surface area contributed by atoms with Crippen molar-refractivity contribution in [3.8, 4) is 0 Å². The lowest BCUT2D eigenvalue weighted by molar-refractivity contribution is -0.122. The summed E-state index contributed by atoms with van der Waals surface area (Å²) in [4.78, 5) is 35.7. The fraction of sp³-hybridized carbons (Fsp3) is 0.304. The second-order valence-corrected chi connectivity index (χ2v) is 7.98. The van der Waals surface area contributed by atoms with Gasteiger partial charge in [-0.05, 0) is 49.9 Å². The molecule has 1 spiro atoms. The van der Waals surface area contributed by atoms with Crippen molar-refractivity contribution >= 4 is 34.5 Å². The fourth-order valence-electron chi connectivity index (χ4n) is 4.34. The monoisotopic (exact) mass is 402 g/mol. The first-order valence-electron chi connectivity index (χ1n) is 10.2. The second-order valence-electron chi connectivity index (χ2n) is 7.98. The Morgan fingerprint density at radius 3 is 2.50 bits per heavy atom. The third-order valence-electron chi connectivity index (χ3n) is 6.01. The van der Waals surface area contributed by atoms with Crippen LogP contribution in [0.25, 0.3) is 11.0 Å². The number of hydrogen-bond donors (Lipinski definition) is 1. The molecule has 152 valence electrons. The molecule has 0 bridgehead atoms. The molecule has 7 heteroatoms. The molecular formula is C23H22N4O3. The number of anilines is 2. The Bertz CT molecular complexity index is 1090. The number of benzene rings is 2. The molecule has 7 nitrogen and oxygen atoms in total. The number of amides is 2. The highest BCUT2D eigenvalue weighted by molar-refractivity contribution is 5.93. The van der Waals surface area contributed by atoms with Gasteiger partial charge in [-0.3, -0.25) is 14.7 Å². The van der Waals surface area contributed by atoms with Crippen LogP contribution in [0.1, 0.15) is 25.7 Å². The Labute approximate surface area is 174 Å². The zero-order valence-electron chi connectivity index (χ0n) is 16.5. The van der Waals surface area contributed by atoms with Gasteiger partial charge in [0, 0.05) is 11.6 Å². The van der Waals surface area contributed by atoms with Crippen LogP contribution in [-0.4, -0.2) is 34.1 Å². The predicted octanol–water partition coefficient (Wildman–Crippen LogP) is 4.15. The Hall–Kier alpha value is -3.48. The number of nitrogens with one attached hydrogen (secondary N) is 1. The summed E-state index contributed by atoms with van der Waals surface area (Å²) in [5.41, 5.74) is 1.87. The van der Waals surface area contributed by atoms with Crippen molar-refractivity contribution in [3.05, 3.63) is 60.8 Å². The van der Waals surface area contributed by atoms with Gasteiger partial charge in [-0.1, -0.05) is 30.3 Å². The Kier molecular flexibility index (Phi) is 4.58. The summed E-state index contributed by atoms with van der Waals surface area (Å²) in [6, 6.07) is 17.1. The number of hydrogen-bond acceptors (Lipinski definition) is 5. The molecule has 0 unspecified atom stereocenters. The van der Waals surface area contributed by atoms with Gasteiger partial charge < -0.3 is 10.1 Å². The van der Waals surface area contributed by atoms with Gasteiger partial charge in [-0.2, -0.15) is 0 Å². The molecular weight excluding hydrogens is 380 g/mol. The Balaban J connectivity index is 1.22. The third kappa shape index (κ3) is 3.47. The summed E-state index contributed by atoms with van der Waals surface area (Å²) < 4.78 is 5.78. The quantitative estimate of drug-likeness (QED) is 0.711. The van der Waals surface area contributed by atoms with Crippen LogP contribution in [0.15, 0.2) is 60.8 Å². The van der Waals surface area contributed by atoms with Gasteiger partial charge in [-0.15, -0.1) is 0 Å². The number of nitrogens with zero attached hydrogens (tertiary/aromatic N) is 3. The average Bonchev–Trinajstić information content (AvgIpc) is 3.10. The SMILES string of the molecule is O=C1O[C@]2(CC[C@H](C(=O)Nc3cnc4ccccc4n3)CC2)CN1c1ccccc1. The maximum Gasteiger partial charge on any atom is 0.415 e. The zero-order chi connectivity index (χ0) is 20.6. The molecule has 0 radical (unpaired) electrons. The largest absolute Gasteiger partial charge is 0.441 e. The number of fused-ring (bicyclic) bond motifs is 1. The summed E-state index contributed by atoms with van der Waals surface area (Å²) in [5.74, 6) is 0.272. The minimum Gasteiger partial charge on any atom is -0.441 e. The number of rotatable bonds is 3. The first kappa shape index (κ1) is 18.5. The van der Waals surface area contributed by atoms with Crippen molar-refractivity contribution in [2.75, 3.05) is 16.8 Å². The molecule has 1 aliphatic carbocycles. The van der Waals surface area contributed by atoms with Crippen molar-refractivity contribution in [3.63, 3.8) is 0 Å². The summed E-state index contributed by atoms with van der Waals surface area (Å²) in [6.07, 6.45) is 3.95. The molecule has 30 heavy (non-hydrogen) atoms. The Morgan fingerprint density at radius 2 is 1.73 bits per heavy atom. The number of para-hydroxylation sites is 3. The maximum absolute atomic E-state index is 12.8. The van der Waals surface area contributed by atoms with Gasteiger partial charge in [-0.25, -0.2) is 9.78 Å². The predicted molar refractivity (Wildman–Crippen MR) is 113 cm³/mol. The lowest BCUT2D eigenvalue weighted by Gasteiger charge is -2.34. The van der Waals surface area contributed by atoms with Crippen molar-refractivity contribution in [1.82, 2.24) is 9.97 Å². The summed E-state index contributed by atoms with van der Waals surface area (Å²) in [7, 11) is 0. The van der Waals surface area contributed by atoms with Crippen LogP contribution in [0.3, 0.4) is 0 Å². The smallest absolute Gasteiger partial charge is 0.415 e. The van der Waals surface area contributed by atoms with Crippen molar-refractivity contribution in [2.24, 2.45) is 5.92 Å². The number of ether oxygens (including phenoxy) is 1. The molecule has 2 aliphatic rings. The van der Waals surface area contributed by atoms with E-state index in [9.17, 15) is 9.59 Å². The molecule has 2 amide bonds. The second kappa shape index (κ2) is 7.40. The number of aromatic nitrogens is 2. The van der Waals surface area contributed by atoms with E-state index in [0.29, 0.717) is 38.0 Å². The lowest BCUT2D eigenvalue weighted by Crippen LogP contribution is -2.41. The number of carbonyl (C=O) groups is 2. The normalized spacial score (nSPS) is 23.5. The van der Waals surface area contributed by atoms with Crippen LogP contribution in [0.2, 0.25) is 0 Å². The molecule has 0 atom stereocenters. The lowest BCUT2D eigenvalue weighted by atomic mass is 9.78. The van der Waals surface area contributed by atoms with Gasteiger partial charge in [0.05, 0.1) is 23.8 Å². The maximum atomic E-state index is 12.8. The first-order valence-corrected chi connectivity index (χ1v) is 10.2. The molecule has 1 aliphatic heterocycles. The Morgan fingerprint density at radius 1 is 1.03 bits per heavy atom. The highest BCUT2D eigenvalue weighted by Crippen LogP contribution is 2.41. The molecule has 1 aromatic heterocycles. The molecule has 2 fully saturated rings. The summed E-state index contributed by atoms with van der Waals surface area (Å²) in [5, 5.41) is 2.90. The molecule has 5 rings (SSSR count). The van der Waals surface area contributed by atoms with E-state index in [0.717, 1.165) is 16.7 Å². The molecule has 1 N–H and O–H groups in total. The van der Waals surface area contributed by atoms with Gasteiger partial charge in [0.2, 0.25) is 5.91 Å². The van der Waals surface area contributed by atoms with E-state index >= 15 is 0 Å². The topological polar surface area (TPSA) is 84.4 Å². The van der Waals surface area contributed by atoms with Crippen LogP contribution in [0, 0.1) is 5.92 Å². The third-order valence-corrected chi connectivity index (χ3v) is 6.01. The van der Waals surface area contributed by atoms with Crippen LogP contribution < -0.4 is 10.2 Å². The van der Waals surface area contributed by atoms with E-state index in [4.69, 9.17) is 4.74 Å². The van der Waals surface area contributed by atoms with Gasteiger partial charge in [0.15, 0.2) is 5.82 Å². The minimum absolute atomic E-state index is 0.0568. The van der Waals surface area contributed by atoms with E-state index in [2.05, 4.69) is 15.3 Å². The molecule has 2 aromatic carbocycles. The summed E-state index contributed by atoms with van der Waals surface area (Å²) in [6.45, 7) is 0.528. The highest BCUT2D eigenvalue weighted by atomic mass is 16.6. The fourth-order valence-corrected chi connectivity index (χ4v) is 4.34. The standard InChI is InChI=1S/C23H22N4O3/c28-21(26-20-14-24-18-8-4-5-9-19(18)25-20)16-10-12-23(13-11-16)15-27(22(29)30-23)17-6-2-1-3-7-17/h1-9,14,16H,10-13,15H2,(H,25,26,28)/t16-,23-. The van der Waals surface area contributed by atoms with Gasteiger partial charge >= 0.3 is 6.09 Å². The van der Waals surface area contributed by atoms with Crippen LogP contribution >= 0.6 is 0 Å². The average molecular weight is 402 g/mol. The van der Waals surface area contributed by atoms with Crippen LogP contribution in [0.4, 0.5) is 16.3 Å². The highest BCUT2D eigenvalue weighted by Gasteiger charge is 2.48.